The van der Waals surface area contributed by atoms with E-state index in [0.717, 1.165) is 39.2 Å². The van der Waals surface area contributed by atoms with Gasteiger partial charge in [-0.2, -0.15) is 0 Å². The molecule has 7 aromatic carbocycles. The molecule has 0 unspecified atom stereocenters. The first kappa shape index (κ1) is 24.3. The summed E-state index contributed by atoms with van der Waals surface area (Å²) in [6, 6.07) is 50.9. The molecule has 1 fully saturated rings. The van der Waals surface area contributed by atoms with Gasteiger partial charge in [0.15, 0.2) is 8.07 Å². The summed E-state index contributed by atoms with van der Waals surface area (Å²) in [5.74, 6) is -1.02. The van der Waals surface area contributed by atoms with Crippen LogP contribution in [0.25, 0.3) is 11.1 Å². The lowest BCUT2D eigenvalue weighted by Crippen LogP contribution is -2.75. The summed E-state index contributed by atoms with van der Waals surface area (Å²) in [6.45, 7) is -12.0. The largest absolute Gasteiger partial charge is 0.180 e. The topological polar surface area (TPSA) is 0 Å². The van der Waals surface area contributed by atoms with E-state index in [4.69, 9.17) is 16.4 Å². The van der Waals surface area contributed by atoms with Crippen molar-refractivity contribution in [1.29, 1.82) is 0 Å². The highest BCUT2D eigenvalue weighted by molar-refractivity contribution is 8.00. The molecule has 1 aliphatic carbocycles. The second kappa shape index (κ2) is 13.8. The first-order valence-corrected chi connectivity index (χ1v) is 22.9. The van der Waals surface area contributed by atoms with Crippen molar-refractivity contribution >= 4 is 52.3 Å². The van der Waals surface area contributed by atoms with Crippen LogP contribution in [0.4, 0.5) is 0 Å². The summed E-state index contributed by atoms with van der Waals surface area (Å²) < 4.78 is 120. The van der Waals surface area contributed by atoms with Crippen LogP contribution in [0, 0.1) is 0 Å². The summed E-state index contributed by atoms with van der Waals surface area (Å²) in [7, 11) is -3.75. The van der Waals surface area contributed by atoms with Crippen LogP contribution in [0.2, 0.25) is 0 Å². The highest BCUT2D eigenvalue weighted by atomic mass is 32.2. The van der Waals surface area contributed by atoms with Gasteiger partial charge in [-0.1, -0.05) is 215 Å². The van der Waals surface area contributed by atoms with Crippen molar-refractivity contribution < 1.29 is 17.8 Å². The van der Waals surface area contributed by atoms with Crippen molar-refractivity contribution in [2.45, 2.75) is 89.4 Å². The predicted octanol–water partition coefficient (Wildman–Crippen LogP) is 12.0. The summed E-state index contributed by atoms with van der Waals surface area (Å²) in [5, 5.41) is 3.54. The van der Waals surface area contributed by atoms with Gasteiger partial charge in [0, 0.05) is 48.2 Å². The number of hydrogen-bond acceptors (Lipinski definition) is 2. The molecule has 56 heavy (non-hydrogen) atoms. The van der Waals surface area contributed by atoms with E-state index in [9.17, 15) is 1.37 Å². The zero-order valence-electron chi connectivity index (χ0n) is 43.7. The fourth-order valence-corrected chi connectivity index (χ4v) is 17.3. The standard InChI is InChI=1S/C53H48S2Si/c1-52(2)43-26-13-15-30-47(43)54-50-41(25-17-28-45(50)52)42-35-39(33-34-40(42)36-19-11-12-20-36)56(37-21-7-5-8-22-37,38-23-9-6-10-24-38)49-32-18-29-46-51(49)55-48-31-16-14-27-44(48)53(46,3)4/h5-10,13-18,21-36H,11-12,19-20H2,1-4H3/i1D3,2D3,3D3,4D3,36D. The molecule has 0 N–H and O–H groups in total. The Kier molecular flexibility index (Phi) is 6.00. The maximum atomic E-state index is 10.1. The van der Waals surface area contributed by atoms with Crippen LogP contribution >= 0.6 is 23.5 Å². The molecule has 0 aromatic heterocycles. The first-order valence-electron chi connectivity index (χ1n) is 25.7. The van der Waals surface area contributed by atoms with Crippen molar-refractivity contribution in [3.63, 3.8) is 0 Å². The average Bonchev–Trinajstić information content (AvgIpc) is 3.76. The summed E-state index contributed by atoms with van der Waals surface area (Å²) in [6.07, 6.45) is 2.87. The van der Waals surface area contributed by atoms with Crippen molar-refractivity contribution in [3.05, 3.63) is 192 Å². The minimum Gasteiger partial charge on any atom is -0.0895 e. The van der Waals surface area contributed by atoms with Gasteiger partial charge >= 0.3 is 0 Å². The zero-order valence-corrected chi connectivity index (χ0v) is 33.4. The third-order valence-electron chi connectivity index (χ3n) is 12.0. The van der Waals surface area contributed by atoms with E-state index in [1.54, 1.807) is 72.8 Å². The molecule has 0 saturated heterocycles. The molecule has 0 amide bonds. The van der Waals surface area contributed by atoms with Crippen LogP contribution in [0.3, 0.4) is 0 Å². The van der Waals surface area contributed by atoms with E-state index in [0.29, 0.717) is 43.6 Å². The van der Waals surface area contributed by atoms with Gasteiger partial charge in [0.2, 0.25) is 0 Å². The maximum Gasteiger partial charge on any atom is 0.180 e. The molecule has 276 valence electrons. The smallest absolute Gasteiger partial charge is 0.0895 e. The molecule has 3 aliphatic rings. The molecular weight excluding hydrogens is 729 g/mol. The lowest BCUT2D eigenvalue weighted by Gasteiger charge is -2.41. The highest BCUT2D eigenvalue weighted by Crippen LogP contribution is 2.53. The average molecular weight is 790 g/mol. The molecule has 1 saturated carbocycles. The fourth-order valence-electron chi connectivity index (χ4n) is 9.36. The Hall–Kier alpha value is -4.54. The van der Waals surface area contributed by atoms with Crippen molar-refractivity contribution in [2.75, 3.05) is 0 Å². The van der Waals surface area contributed by atoms with Gasteiger partial charge in [-0.3, -0.25) is 0 Å². The molecule has 7 aromatic rings. The second-order valence-electron chi connectivity index (χ2n) is 15.1. The van der Waals surface area contributed by atoms with Gasteiger partial charge in [-0.25, -0.2) is 0 Å². The molecule has 0 radical (unpaired) electrons. The Bertz CT molecular complexity index is 3030. The van der Waals surface area contributed by atoms with Gasteiger partial charge in [-0.05, 0) is 90.6 Å². The molecule has 0 spiro atoms. The SMILES string of the molecule is [2H]C1(c2ccc([Si](c3ccccc3)(c3ccccc3)c3cccc4c3Sc3ccccc3C4(C([2H])([2H])[2H])C([2H])([2H])[2H])cc2-c2cccc3c2Sc2ccccc2C3(C([2H])([2H])[2H])C([2H])([2H])[2H])CCCC1. The van der Waals surface area contributed by atoms with E-state index >= 15 is 0 Å². The molecular formula is C53H48S2Si. The molecule has 0 atom stereocenters. The minimum absolute atomic E-state index is 0.179. The predicted molar refractivity (Wildman–Crippen MR) is 242 cm³/mol. The third-order valence-corrected chi connectivity index (χ3v) is 19.4. The van der Waals surface area contributed by atoms with Crippen LogP contribution in [0.1, 0.15) is 105 Å². The molecule has 3 heteroatoms. The molecule has 2 heterocycles. The maximum absolute atomic E-state index is 10.1. The molecule has 2 aliphatic heterocycles. The molecule has 0 bridgehead atoms. The van der Waals surface area contributed by atoms with Gasteiger partial charge in [-0.15, -0.1) is 0 Å². The van der Waals surface area contributed by atoms with Crippen LogP contribution in [0.5, 0.6) is 0 Å². The van der Waals surface area contributed by atoms with E-state index in [1.165, 1.54) is 23.5 Å². The molecule has 10 rings (SSSR count). The number of rotatable bonds is 6. The monoisotopic (exact) mass is 789 g/mol. The van der Waals surface area contributed by atoms with Gasteiger partial charge in [0.05, 0.1) is 0 Å². The summed E-state index contributed by atoms with van der Waals surface area (Å²) in [4.78, 5) is 2.13. The van der Waals surface area contributed by atoms with Crippen molar-refractivity contribution in [2.24, 2.45) is 0 Å². The second-order valence-corrected chi connectivity index (χ2v) is 21.0. The van der Waals surface area contributed by atoms with Crippen LogP contribution < -0.4 is 20.7 Å². The van der Waals surface area contributed by atoms with Gasteiger partial charge in [0.1, 0.15) is 0 Å². The number of hydrogen-bond donors (Lipinski definition) is 0. The van der Waals surface area contributed by atoms with E-state index < -0.39 is 52.2 Å². The summed E-state index contributed by atoms with van der Waals surface area (Å²) >= 11 is 2.74. The van der Waals surface area contributed by atoms with Crippen LogP contribution in [-0.4, -0.2) is 8.07 Å². The first-order chi connectivity index (χ1) is 32.6. The number of benzene rings is 7. The highest BCUT2D eigenvalue weighted by Gasteiger charge is 2.46. The Balaban J connectivity index is 1.36. The molecule has 0 nitrogen and oxygen atoms in total. The van der Waals surface area contributed by atoms with E-state index in [2.05, 4.69) is 36.4 Å². The van der Waals surface area contributed by atoms with E-state index in [1.807, 2.05) is 54.6 Å². The summed E-state index contributed by atoms with van der Waals surface area (Å²) in [5.41, 5.74) is -1.88. The van der Waals surface area contributed by atoms with Crippen LogP contribution in [-0.2, 0) is 10.8 Å². The Morgan fingerprint density at radius 3 is 1.62 bits per heavy atom. The normalized spacial score (nSPS) is 21.6. The fraction of sp³-hybridized carbons (Fsp3) is 0.208. The third kappa shape index (κ3) is 5.49. The Morgan fingerprint density at radius 1 is 0.500 bits per heavy atom. The Labute approximate surface area is 361 Å². The quantitative estimate of drug-likeness (QED) is 0.122. The van der Waals surface area contributed by atoms with E-state index in [-0.39, 0.29) is 22.3 Å². The minimum atomic E-state index is -3.75. The zero-order chi connectivity index (χ0) is 49.0. The van der Waals surface area contributed by atoms with Gasteiger partial charge in [0.25, 0.3) is 0 Å². The van der Waals surface area contributed by atoms with Crippen molar-refractivity contribution in [1.82, 2.24) is 0 Å². The lowest BCUT2D eigenvalue weighted by molar-refractivity contribution is 0.608. The lowest BCUT2D eigenvalue weighted by atomic mass is 9.76. The van der Waals surface area contributed by atoms with Crippen molar-refractivity contribution in [3.8, 4) is 11.1 Å². The number of fused-ring (bicyclic) bond motifs is 4. The Morgan fingerprint density at radius 2 is 1.02 bits per heavy atom. The van der Waals surface area contributed by atoms with Gasteiger partial charge < -0.3 is 0 Å². The van der Waals surface area contributed by atoms with Crippen LogP contribution in [0.15, 0.2) is 183 Å².